The quantitative estimate of drug-likeness (QED) is 0.330. The molecule has 1 N–H and O–H groups in total. The van der Waals surface area contributed by atoms with Crippen molar-refractivity contribution < 1.29 is 28.7 Å². The molecule has 0 aromatic heterocycles. The van der Waals surface area contributed by atoms with Crippen molar-refractivity contribution in [2.45, 2.75) is 19.8 Å². The number of Topliss-reactive ketones (excluding diaryl/α,β-unsaturated/α-hetero) is 1. The molecule has 7 nitrogen and oxygen atoms in total. The Labute approximate surface area is 195 Å². The summed E-state index contributed by atoms with van der Waals surface area (Å²) in [5, 5.41) is 2.73. The summed E-state index contributed by atoms with van der Waals surface area (Å²) in [7, 11) is 0. The summed E-state index contributed by atoms with van der Waals surface area (Å²) in [6, 6.07) is 17.1. The Morgan fingerprint density at radius 3 is 2.12 bits per heavy atom. The Morgan fingerprint density at radius 2 is 1.44 bits per heavy atom. The smallest absolute Gasteiger partial charge is 0.339 e. The molecular weight excluding hydrogens is 434 g/mol. The van der Waals surface area contributed by atoms with Gasteiger partial charge in [0.25, 0.3) is 0 Å². The van der Waals surface area contributed by atoms with E-state index in [2.05, 4.69) is 5.32 Å². The van der Waals surface area contributed by atoms with Crippen LogP contribution < -0.4 is 5.32 Å². The number of hydrogen-bond acceptors (Lipinski definition) is 6. The third kappa shape index (κ3) is 4.41. The van der Waals surface area contributed by atoms with Crippen molar-refractivity contribution in [3.8, 4) is 0 Å². The fraction of sp³-hybridized carbons (Fsp3) is 0.148. The molecular formula is C27H21NO6. The van der Waals surface area contributed by atoms with Crippen LogP contribution in [0.25, 0.3) is 0 Å². The van der Waals surface area contributed by atoms with E-state index in [0.717, 1.165) is 6.42 Å². The van der Waals surface area contributed by atoms with E-state index >= 15 is 0 Å². The lowest BCUT2D eigenvalue weighted by Gasteiger charge is -2.19. The van der Waals surface area contributed by atoms with Crippen LogP contribution in [-0.2, 0) is 9.53 Å². The zero-order valence-corrected chi connectivity index (χ0v) is 18.4. The maximum absolute atomic E-state index is 13.0. The van der Waals surface area contributed by atoms with Crippen LogP contribution in [0.4, 0.5) is 5.69 Å². The van der Waals surface area contributed by atoms with Crippen molar-refractivity contribution in [2.24, 2.45) is 0 Å². The molecule has 0 bridgehead atoms. The minimum atomic E-state index is -0.866. The summed E-state index contributed by atoms with van der Waals surface area (Å²) in [5.41, 5.74) is 1.42. The van der Waals surface area contributed by atoms with E-state index in [0.29, 0.717) is 17.7 Å². The van der Waals surface area contributed by atoms with Crippen LogP contribution in [0.15, 0.2) is 66.7 Å². The van der Waals surface area contributed by atoms with Gasteiger partial charge in [0.05, 0.1) is 5.56 Å². The third-order valence-electron chi connectivity index (χ3n) is 5.47. The lowest BCUT2D eigenvalue weighted by atomic mass is 9.82. The minimum absolute atomic E-state index is 0.0178. The van der Waals surface area contributed by atoms with Crippen molar-refractivity contribution in [1.29, 1.82) is 0 Å². The van der Waals surface area contributed by atoms with Crippen molar-refractivity contribution in [3.63, 3.8) is 0 Å². The van der Waals surface area contributed by atoms with Crippen LogP contribution >= 0.6 is 0 Å². The van der Waals surface area contributed by atoms with Crippen LogP contribution in [0.3, 0.4) is 0 Å². The lowest BCUT2D eigenvalue weighted by Crippen LogP contribution is -2.25. The first-order valence-corrected chi connectivity index (χ1v) is 10.8. The number of nitrogens with one attached hydrogen (secondary N) is 1. The first kappa shape index (κ1) is 22.8. The molecule has 0 saturated heterocycles. The SMILES string of the molecule is CCCC(=O)Nc1ccc(C(=O)COC(=O)c2cccc3c2C(=O)c2ccccc2C3=O)cc1. The number of anilines is 1. The molecule has 3 aromatic carbocycles. The van der Waals surface area contributed by atoms with Crippen molar-refractivity contribution in [3.05, 3.63) is 100 Å². The summed E-state index contributed by atoms with van der Waals surface area (Å²) < 4.78 is 5.19. The Kier molecular flexibility index (Phi) is 6.45. The van der Waals surface area contributed by atoms with Gasteiger partial charge >= 0.3 is 5.97 Å². The topological polar surface area (TPSA) is 107 Å². The van der Waals surface area contributed by atoms with E-state index in [4.69, 9.17) is 4.74 Å². The van der Waals surface area contributed by atoms with Crippen molar-refractivity contribution >= 4 is 34.9 Å². The fourth-order valence-electron chi connectivity index (χ4n) is 3.80. The molecule has 4 rings (SSSR count). The minimum Gasteiger partial charge on any atom is -0.454 e. The number of carbonyl (C=O) groups is 5. The highest BCUT2D eigenvalue weighted by Gasteiger charge is 2.33. The molecule has 170 valence electrons. The first-order chi connectivity index (χ1) is 16.4. The fourth-order valence-corrected chi connectivity index (χ4v) is 3.80. The second-order valence-corrected chi connectivity index (χ2v) is 7.81. The van der Waals surface area contributed by atoms with E-state index in [1.165, 1.54) is 30.3 Å². The maximum atomic E-state index is 13.0. The second-order valence-electron chi connectivity index (χ2n) is 7.81. The van der Waals surface area contributed by atoms with Gasteiger partial charge in [0, 0.05) is 39.9 Å². The predicted octanol–water partition coefficient (Wildman–Crippen LogP) is 4.24. The molecule has 0 fully saturated rings. The van der Waals surface area contributed by atoms with Gasteiger partial charge in [-0.3, -0.25) is 19.2 Å². The molecule has 34 heavy (non-hydrogen) atoms. The maximum Gasteiger partial charge on any atom is 0.339 e. The molecule has 0 unspecified atom stereocenters. The van der Waals surface area contributed by atoms with Crippen LogP contribution in [0.5, 0.6) is 0 Å². The molecule has 0 radical (unpaired) electrons. The Morgan fingerprint density at radius 1 is 0.794 bits per heavy atom. The molecule has 1 aliphatic rings. The van der Waals surface area contributed by atoms with Gasteiger partial charge in [-0.2, -0.15) is 0 Å². The van der Waals surface area contributed by atoms with Gasteiger partial charge in [0.15, 0.2) is 24.0 Å². The molecule has 1 aliphatic carbocycles. The monoisotopic (exact) mass is 455 g/mol. The number of benzene rings is 3. The van der Waals surface area contributed by atoms with Crippen LogP contribution in [0.1, 0.15) is 72.3 Å². The molecule has 1 amide bonds. The number of esters is 1. The summed E-state index contributed by atoms with van der Waals surface area (Å²) in [4.78, 5) is 62.8. The molecule has 0 aliphatic heterocycles. The average molecular weight is 455 g/mol. The number of ketones is 3. The number of ether oxygens (including phenoxy) is 1. The highest BCUT2D eigenvalue weighted by molar-refractivity contribution is 6.30. The Hall–Kier alpha value is -4.39. The van der Waals surface area contributed by atoms with E-state index in [9.17, 15) is 24.0 Å². The van der Waals surface area contributed by atoms with Gasteiger partial charge in [-0.25, -0.2) is 4.79 Å². The summed E-state index contributed by atoms with van der Waals surface area (Å²) >= 11 is 0. The molecule has 0 spiro atoms. The van der Waals surface area contributed by atoms with Gasteiger partial charge < -0.3 is 10.1 Å². The summed E-state index contributed by atoms with van der Waals surface area (Å²) in [5.74, 6) is -2.21. The van der Waals surface area contributed by atoms with Crippen LogP contribution in [-0.4, -0.2) is 35.8 Å². The highest BCUT2D eigenvalue weighted by Crippen LogP contribution is 2.29. The molecule has 3 aromatic rings. The van der Waals surface area contributed by atoms with E-state index in [1.807, 2.05) is 6.92 Å². The number of carbonyl (C=O) groups excluding carboxylic acids is 5. The number of hydrogen-bond donors (Lipinski definition) is 1. The number of fused-ring (bicyclic) bond motifs is 2. The molecule has 0 saturated carbocycles. The van der Waals surface area contributed by atoms with Crippen molar-refractivity contribution in [1.82, 2.24) is 0 Å². The standard InChI is InChI=1S/C27H21NO6/c1-2-6-23(30)28-17-13-11-16(12-14-17)22(29)15-34-27(33)21-10-5-9-20-24(21)26(32)19-8-4-3-7-18(19)25(20)31/h3-5,7-14H,2,6,15H2,1H3,(H,28,30). The molecule has 0 atom stereocenters. The van der Waals surface area contributed by atoms with Gasteiger partial charge in [-0.15, -0.1) is 0 Å². The van der Waals surface area contributed by atoms with Crippen LogP contribution in [0.2, 0.25) is 0 Å². The van der Waals surface area contributed by atoms with E-state index < -0.39 is 24.1 Å². The zero-order chi connectivity index (χ0) is 24.2. The average Bonchev–Trinajstić information content (AvgIpc) is 2.85. The van der Waals surface area contributed by atoms with Gasteiger partial charge in [0.2, 0.25) is 5.91 Å². The Balaban J connectivity index is 1.47. The van der Waals surface area contributed by atoms with E-state index in [1.54, 1.807) is 36.4 Å². The number of rotatable bonds is 7. The number of amides is 1. The molecule has 7 heteroatoms. The van der Waals surface area contributed by atoms with Crippen molar-refractivity contribution in [2.75, 3.05) is 11.9 Å². The normalized spacial score (nSPS) is 11.9. The summed E-state index contributed by atoms with van der Waals surface area (Å²) in [6.07, 6.45) is 1.13. The highest BCUT2D eigenvalue weighted by atomic mass is 16.5. The van der Waals surface area contributed by atoms with Gasteiger partial charge in [-0.05, 0) is 36.8 Å². The Bertz CT molecular complexity index is 1320. The predicted molar refractivity (Wildman–Crippen MR) is 124 cm³/mol. The molecule has 0 heterocycles. The largest absolute Gasteiger partial charge is 0.454 e. The van der Waals surface area contributed by atoms with Crippen LogP contribution in [0, 0.1) is 0 Å². The second kappa shape index (κ2) is 9.62. The van der Waals surface area contributed by atoms with E-state index in [-0.39, 0.29) is 39.5 Å². The zero-order valence-electron chi connectivity index (χ0n) is 18.4. The van der Waals surface area contributed by atoms with Gasteiger partial charge in [-0.1, -0.05) is 43.3 Å². The third-order valence-corrected chi connectivity index (χ3v) is 5.47. The summed E-state index contributed by atoms with van der Waals surface area (Å²) in [6.45, 7) is 1.36. The first-order valence-electron chi connectivity index (χ1n) is 10.8. The lowest BCUT2D eigenvalue weighted by molar-refractivity contribution is -0.116. The van der Waals surface area contributed by atoms with Gasteiger partial charge in [0.1, 0.15) is 0 Å².